The van der Waals surface area contributed by atoms with Crippen molar-refractivity contribution in [3.05, 3.63) is 48.0 Å². The molecule has 98 valence electrons. The highest BCUT2D eigenvalue weighted by Gasteiger charge is 2.21. The fourth-order valence-electron chi connectivity index (χ4n) is 2.52. The molecule has 3 rings (SSSR count). The predicted octanol–water partition coefficient (Wildman–Crippen LogP) is 1.98. The first-order valence-electron chi connectivity index (χ1n) is 6.74. The minimum absolute atomic E-state index is 0.0345. The van der Waals surface area contributed by atoms with E-state index in [2.05, 4.69) is 34.6 Å². The Morgan fingerprint density at radius 1 is 1.16 bits per heavy atom. The van der Waals surface area contributed by atoms with Crippen LogP contribution in [0, 0.1) is 0 Å². The van der Waals surface area contributed by atoms with Gasteiger partial charge in [0.25, 0.3) is 0 Å². The van der Waals surface area contributed by atoms with E-state index in [9.17, 15) is 5.11 Å². The van der Waals surface area contributed by atoms with Gasteiger partial charge in [0.1, 0.15) is 0 Å². The first-order valence-corrected chi connectivity index (χ1v) is 6.74. The highest BCUT2D eigenvalue weighted by molar-refractivity contribution is 5.99. The molecule has 19 heavy (non-hydrogen) atoms. The van der Waals surface area contributed by atoms with Crippen molar-refractivity contribution >= 4 is 17.0 Å². The number of aliphatic hydroxyl groups is 1. The van der Waals surface area contributed by atoms with E-state index < -0.39 is 0 Å². The van der Waals surface area contributed by atoms with Crippen LogP contribution in [0.25, 0.3) is 10.8 Å². The van der Waals surface area contributed by atoms with Crippen molar-refractivity contribution < 1.29 is 5.11 Å². The van der Waals surface area contributed by atoms with Crippen molar-refractivity contribution in [2.75, 3.05) is 13.1 Å². The molecule has 2 atom stereocenters. The lowest BCUT2D eigenvalue weighted by atomic mass is 10.0. The van der Waals surface area contributed by atoms with Crippen LogP contribution in [0.3, 0.4) is 0 Å². The van der Waals surface area contributed by atoms with Crippen molar-refractivity contribution in [3.8, 4) is 0 Å². The van der Waals surface area contributed by atoms with Crippen LogP contribution in [0.1, 0.15) is 12.0 Å². The number of fused-ring (bicyclic) bond motifs is 1. The first-order chi connectivity index (χ1) is 9.34. The number of nitrogens with one attached hydrogen (secondary N) is 1. The Balaban J connectivity index is 1.88. The van der Waals surface area contributed by atoms with Gasteiger partial charge < -0.3 is 10.4 Å². The Kier molecular flexibility index (Phi) is 3.58. The minimum Gasteiger partial charge on any atom is -0.391 e. The summed E-state index contributed by atoms with van der Waals surface area (Å²) < 4.78 is 0. The number of aliphatic hydroxyl groups excluding tert-OH is 1. The molecule has 0 radical (unpaired) electrons. The van der Waals surface area contributed by atoms with E-state index in [4.69, 9.17) is 0 Å². The molecule has 1 fully saturated rings. The molecule has 2 aromatic rings. The summed E-state index contributed by atoms with van der Waals surface area (Å²) in [6.07, 6.45) is 2.34. The average molecular weight is 254 g/mol. The lowest BCUT2D eigenvalue weighted by Gasteiger charge is -2.25. The van der Waals surface area contributed by atoms with Gasteiger partial charge in [-0.05, 0) is 23.7 Å². The molecular weight excluding hydrogens is 236 g/mol. The maximum absolute atomic E-state index is 9.91. The Morgan fingerprint density at radius 2 is 2.00 bits per heavy atom. The zero-order valence-electron chi connectivity index (χ0n) is 10.8. The molecule has 0 aliphatic carbocycles. The SMILES string of the molecule is O[C@H]1CCNC[C@@H]1/N=C/c1cccc2ccccc12. The van der Waals surface area contributed by atoms with Crippen molar-refractivity contribution in [1.29, 1.82) is 0 Å². The summed E-state index contributed by atoms with van der Waals surface area (Å²) in [5.74, 6) is 0. The van der Waals surface area contributed by atoms with Crippen LogP contribution in [-0.4, -0.2) is 36.6 Å². The molecule has 1 saturated heterocycles. The van der Waals surface area contributed by atoms with Crippen LogP contribution in [0.15, 0.2) is 47.5 Å². The number of hydrogen-bond acceptors (Lipinski definition) is 3. The van der Waals surface area contributed by atoms with E-state index in [1.165, 1.54) is 10.8 Å². The van der Waals surface area contributed by atoms with Gasteiger partial charge in [0, 0.05) is 18.3 Å². The van der Waals surface area contributed by atoms with Crippen LogP contribution in [0.2, 0.25) is 0 Å². The van der Waals surface area contributed by atoms with Gasteiger partial charge >= 0.3 is 0 Å². The Hall–Kier alpha value is -1.71. The predicted molar refractivity (Wildman–Crippen MR) is 78.8 cm³/mol. The largest absolute Gasteiger partial charge is 0.391 e. The first kappa shape index (κ1) is 12.3. The second-order valence-corrected chi connectivity index (χ2v) is 4.97. The Bertz CT molecular complexity index is 589. The fraction of sp³-hybridized carbons (Fsp3) is 0.312. The zero-order chi connectivity index (χ0) is 13.1. The molecule has 3 heteroatoms. The zero-order valence-corrected chi connectivity index (χ0v) is 10.8. The third-order valence-corrected chi connectivity index (χ3v) is 3.64. The van der Waals surface area contributed by atoms with Gasteiger partial charge in [-0.15, -0.1) is 0 Å². The van der Waals surface area contributed by atoms with Gasteiger partial charge in [-0.1, -0.05) is 42.5 Å². The van der Waals surface area contributed by atoms with Crippen molar-refractivity contribution in [2.24, 2.45) is 4.99 Å². The number of benzene rings is 2. The van der Waals surface area contributed by atoms with E-state index in [0.29, 0.717) is 0 Å². The van der Waals surface area contributed by atoms with Crippen molar-refractivity contribution in [2.45, 2.75) is 18.6 Å². The molecule has 0 saturated carbocycles. The molecule has 0 unspecified atom stereocenters. The Labute approximate surface area is 113 Å². The lowest BCUT2D eigenvalue weighted by Crippen LogP contribution is -2.42. The van der Waals surface area contributed by atoms with Crippen LogP contribution in [0.4, 0.5) is 0 Å². The average Bonchev–Trinajstić information content (AvgIpc) is 2.46. The van der Waals surface area contributed by atoms with E-state index in [0.717, 1.165) is 25.1 Å². The van der Waals surface area contributed by atoms with E-state index >= 15 is 0 Å². The maximum atomic E-state index is 9.91. The molecule has 2 N–H and O–H groups in total. The quantitative estimate of drug-likeness (QED) is 0.805. The number of aliphatic imine (C=N–C) groups is 1. The summed E-state index contributed by atoms with van der Waals surface area (Å²) >= 11 is 0. The summed E-state index contributed by atoms with van der Waals surface area (Å²) in [6.45, 7) is 1.63. The van der Waals surface area contributed by atoms with Crippen LogP contribution in [0.5, 0.6) is 0 Å². The summed E-state index contributed by atoms with van der Waals surface area (Å²) in [5, 5.41) is 15.6. The van der Waals surface area contributed by atoms with Crippen LogP contribution in [-0.2, 0) is 0 Å². The molecule has 0 aromatic heterocycles. The molecule has 1 aliphatic heterocycles. The Morgan fingerprint density at radius 3 is 2.89 bits per heavy atom. The van der Waals surface area contributed by atoms with E-state index in [1.807, 2.05) is 24.4 Å². The van der Waals surface area contributed by atoms with Crippen molar-refractivity contribution in [3.63, 3.8) is 0 Å². The van der Waals surface area contributed by atoms with E-state index in [-0.39, 0.29) is 12.1 Å². The smallest absolute Gasteiger partial charge is 0.0883 e. The number of rotatable bonds is 2. The molecule has 2 aromatic carbocycles. The summed E-state index contributed by atoms with van der Waals surface area (Å²) in [5.41, 5.74) is 1.11. The van der Waals surface area contributed by atoms with Crippen LogP contribution >= 0.6 is 0 Å². The molecular formula is C16H18N2O. The highest BCUT2D eigenvalue weighted by atomic mass is 16.3. The van der Waals surface area contributed by atoms with Crippen molar-refractivity contribution in [1.82, 2.24) is 5.32 Å². The topological polar surface area (TPSA) is 44.6 Å². The molecule has 3 nitrogen and oxygen atoms in total. The monoisotopic (exact) mass is 254 g/mol. The molecule has 0 spiro atoms. The van der Waals surface area contributed by atoms with Gasteiger partial charge in [0.2, 0.25) is 0 Å². The van der Waals surface area contributed by atoms with Crippen LogP contribution < -0.4 is 5.32 Å². The number of nitrogens with zero attached hydrogens (tertiary/aromatic N) is 1. The summed E-state index contributed by atoms with van der Waals surface area (Å²) in [4.78, 5) is 4.55. The second kappa shape index (κ2) is 5.51. The third kappa shape index (κ3) is 2.67. The summed E-state index contributed by atoms with van der Waals surface area (Å²) in [6, 6.07) is 14.5. The minimum atomic E-state index is -0.326. The van der Waals surface area contributed by atoms with Gasteiger partial charge in [0.15, 0.2) is 0 Å². The molecule has 1 aliphatic rings. The summed E-state index contributed by atoms with van der Waals surface area (Å²) in [7, 11) is 0. The second-order valence-electron chi connectivity index (χ2n) is 4.97. The standard InChI is InChI=1S/C16H18N2O/c19-16-8-9-17-11-15(16)18-10-13-6-3-5-12-4-1-2-7-14(12)13/h1-7,10,15-17,19H,8-9,11H2/b18-10+/t15-,16-/m0/s1. The van der Waals surface area contributed by atoms with Gasteiger partial charge in [-0.25, -0.2) is 0 Å². The number of piperidine rings is 1. The fourth-order valence-corrected chi connectivity index (χ4v) is 2.52. The number of hydrogen-bond donors (Lipinski definition) is 2. The maximum Gasteiger partial charge on any atom is 0.0883 e. The van der Waals surface area contributed by atoms with Gasteiger partial charge in [-0.3, -0.25) is 4.99 Å². The highest BCUT2D eigenvalue weighted by Crippen LogP contribution is 2.17. The normalized spacial score (nSPS) is 24.1. The van der Waals surface area contributed by atoms with E-state index in [1.54, 1.807) is 0 Å². The van der Waals surface area contributed by atoms with Gasteiger partial charge in [-0.2, -0.15) is 0 Å². The third-order valence-electron chi connectivity index (χ3n) is 3.64. The molecule has 0 amide bonds. The molecule has 0 bridgehead atoms. The molecule has 1 heterocycles. The lowest BCUT2D eigenvalue weighted by molar-refractivity contribution is 0.117. The van der Waals surface area contributed by atoms with Gasteiger partial charge in [0.05, 0.1) is 12.1 Å².